The largest absolute Gasteiger partial charge is 0.459 e. The Kier molecular flexibility index (Phi) is 8.43. The number of aliphatic hydroxyl groups excluding tert-OH is 1. The van der Waals surface area contributed by atoms with Crippen molar-refractivity contribution in [2.75, 3.05) is 13.1 Å². The molecule has 0 spiro atoms. The van der Waals surface area contributed by atoms with E-state index in [-0.39, 0.29) is 19.6 Å². The maximum Gasteiger partial charge on any atom is 0.407 e. The van der Waals surface area contributed by atoms with Gasteiger partial charge in [-0.2, -0.15) is 0 Å². The first-order valence-electron chi connectivity index (χ1n) is 12.4. The molecule has 1 aliphatic rings. The Bertz CT molecular complexity index is 1230. The highest BCUT2D eigenvalue weighted by Gasteiger charge is 2.44. The van der Waals surface area contributed by atoms with Crippen LogP contribution in [0, 0.1) is 5.82 Å². The van der Waals surface area contributed by atoms with E-state index in [4.69, 9.17) is 13.9 Å². The lowest BCUT2D eigenvalue weighted by molar-refractivity contribution is -0.156. The molecule has 0 aliphatic carbocycles. The number of carbonyl (C=O) groups is 2. The molecule has 2 N–H and O–H groups in total. The second kappa shape index (κ2) is 11.7. The summed E-state index contributed by atoms with van der Waals surface area (Å²) < 4.78 is 29.9. The van der Waals surface area contributed by atoms with Gasteiger partial charge in [0, 0.05) is 18.7 Å². The number of β-amino-alcohol motifs (C(OH)–C–C–N with tert-alkyl or cyclic N) is 1. The Hall–Kier alpha value is -3.76. The third kappa shape index (κ3) is 7.39. The summed E-state index contributed by atoms with van der Waals surface area (Å²) in [7, 11) is 0. The van der Waals surface area contributed by atoms with Crippen molar-refractivity contribution in [2.24, 2.45) is 0 Å². The second-order valence-corrected chi connectivity index (χ2v) is 10.3. The number of nitrogens with zero attached hydrogens (tertiary/aromatic N) is 2. The summed E-state index contributed by atoms with van der Waals surface area (Å²) >= 11 is 0. The molecule has 202 valence electrons. The van der Waals surface area contributed by atoms with E-state index in [0.29, 0.717) is 17.7 Å². The first-order valence-corrected chi connectivity index (χ1v) is 12.4. The zero-order valence-corrected chi connectivity index (χ0v) is 21.6. The third-order valence-corrected chi connectivity index (χ3v) is 6.09. The Morgan fingerprint density at radius 2 is 1.95 bits per heavy atom. The van der Waals surface area contributed by atoms with Crippen molar-refractivity contribution in [3.8, 4) is 11.3 Å². The van der Waals surface area contributed by atoms with Crippen LogP contribution < -0.4 is 5.32 Å². The lowest BCUT2D eigenvalue weighted by Gasteiger charge is -2.28. The van der Waals surface area contributed by atoms with E-state index < -0.39 is 41.7 Å². The fourth-order valence-corrected chi connectivity index (χ4v) is 4.46. The summed E-state index contributed by atoms with van der Waals surface area (Å²) in [6.45, 7) is 5.47. The van der Waals surface area contributed by atoms with Crippen LogP contribution >= 0.6 is 0 Å². The quantitative estimate of drug-likeness (QED) is 0.428. The smallest absolute Gasteiger partial charge is 0.407 e. The van der Waals surface area contributed by atoms with Crippen molar-refractivity contribution >= 4 is 12.1 Å². The van der Waals surface area contributed by atoms with Gasteiger partial charge in [-0.05, 0) is 50.5 Å². The number of alkyl carbamates (subject to hydrolysis) is 1. The van der Waals surface area contributed by atoms with Crippen molar-refractivity contribution in [3.05, 3.63) is 78.1 Å². The molecule has 0 saturated carbocycles. The van der Waals surface area contributed by atoms with Crippen LogP contribution in [0.5, 0.6) is 0 Å². The normalized spacial score (nSPS) is 19.8. The number of aromatic nitrogens is 1. The number of halogens is 1. The number of aliphatic hydroxyl groups is 1. The highest BCUT2D eigenvalue weighted by atomic mass is 19.1. The van der Waals surface area contributed by atoms with Crippen LogP contribution in [-0.4, -0.2) is 64.0 Å². The number of likely N-dealkylation sites (tertiary alicyclic amines) is 1. The van der Waals surface area contributed by atoms with Gasteiger partial charge in [-0.15, -0.1) is 0 Å². The third-order valence-electron chi connectivity index (χ3n) is 6.09. The molecule has 1 aliphatic heterocycles. The fourth-order valence-electron chi connectivity index (χ4n) is 4.46. The first kappa shape index (κ1) is 27.3. The molecule has 0 unspecified atom stereocenters. The fraction of sp³-hybridized carbons (Fsp3) is 0.393. The highest BCUT2D eigenvalue weighted by Crippen LogP contribution is 2.27. The molecule has 0 bridgehead atoms. The molecule has 2 heterocycles. The number of nitrogens with one attached hydrogen (secondary N) is 1. The molecule has 1 saturated heterocycles. The number of oxazole rings is 1. The average molecular weight is 526 g/mol. The summed E-state index contributed by atoms with van der Waals surface area (Å²) in [5, 5.41) is 13.4. The van der Waals surface area contributed by atoms with Gasteiger partial charge in [-0.25, -0.2) is 14.2 Å². The molecule has 2 aromatic carbocycles. The van der Waals surface area contributed by atoms with Crippen molar-refractivity contribution in [1.82, 2.24) is 15.2 Å². The summed E-state index contributed by atoms with van der Waals surface area (Å²) in [5.41, 5.74) is 1.68. The summed E-state index contributed by atoms with van der Waals surface area (Å²) in [6.07, 6.45) is 0.715. The van der Waals surface area contributed by atoms with Gasteiger partial charge in [-0.3, -0.25) is 9.69 Å². The summed E-state index contributed by atoms with van der Waals surface area (Å²) in [6, 6.07) is 13.0. The number of ether oxygens (including phenoxy) is 2. The maximum absolute atomic E-state index is 13.5. The summed E-state index contributed by atoms with van der Waals surface area (Å²) in [4.78, 5) is 30.9. The van der Waals surface area contributed by atoms with Crippen LogP contribution in [0.15, 0.2) is 65.5 Å². The molecule has 9 nitrogen and oxygen atoms in total. The van der Waals surface area contributed by atoms with Gasteiger partial charge in [0.25, 0.3) is 0 Å². The highest BCUT2D eigenvalue weighted by molar-refractivity contribution is 5.72. The lowest BCUT2D eigenvalue weighted by atomic mass is 9.99. The zero-order chi connectivity index (χ0) is 27.3. The van der Waals surface area contributed by atoms with Gasteiger partial charge in [0.05, 0.1) is 18.8 Å². The molecular weight excluding hydrogens is 493 g/mol. The van der Waals surface area contributed by atoms with E-state index in [9.17, 15) is 19.1 Å². The predicted octanol–water partition coefficient (Wildman–Crippen LogP) is 3.71. The van der Waals surface area contributed by atoms with Gasteiger partial charge in [0.15, 0.2) is 12.2 Å². The van der Waals surface area contributed by atoms with Gasteiger partial charge in [0.2, 0.25) is 0 Å². The molecule has 4 rings (SSSR count). The van der Waals surface area contributed by atoms with Crippen molar-refractivity contribution in [2.45, 2.75) is 57.6 Å². The number of rotatable bonds is 8. The van der Waals surface area contributed by atoms with Crippen molar-refractivity contribution in [1.29, 1.82) is 0 Å². The van der Waals surface area contributed by atoms with Crippen LogP contribution in [0.3, 0.4) is 0 Å². The molecular formula is C28H32FN3O6. The van der Waals surface area contributed by atoms with E-state index in [2.05, 4.69) is 10.3 Å². The van der Waals surface area contributed by atoms with Crippen molar-refractivity contribution < 1.29 is 33.0 Å². The van der Waals surface area contributed by atoms with Gasteiger partial charge >= 0.3 is 12.1 Å². The molecule has 1 amide bonds. The van der Waals surface area contributed by atoms with Crippen LogP contribution in [0.4, 0.5) is 9.18 Å². The van der Waals surface area contributed by atoms with E-state index >= 15 is 0 Å². The topological polar surface area (TPSA) is 114 Å². The maximum atomic E-state index is 13.5. The minimum absolute atomic E-state index is 0.0643. The summed E-state index contributed by atoms with van der Waals surface area (Å²) in [5.74, 6) is -0.210. The minimum atomic E-state index is -1.02. The van der Waals surface area contributed by atoms with Crippen LogP contribution in [-0.2, 0) is 27.2 Å². The average Bonchev–Trinajstić information content (AvgIpc) is 3.47. The lowest BCUT2D eigenvalue weighted by Crippen LogP contribution is -2.44. The predicted molar refractivity (Wildman–Crippen MR) is 136 cm³/mol. The molecule has 3 aromatic rings. The first-order chi connectivity index (χ1) is 18.1. The van der Waals surface area contributed by atoms with Crippen molar-refractivity contribution in [3.63, 3.8) is 0 Å². The van der Waals surface area contributed by atoms with E-state index in [0.717, 1.165) is 11.1 Å². The molecule has 1 fully saturated rings. The molecule has 10 heteroatoms. The number of esters is 1. The van der Waals surface area contributed by atoms with Gasteiger partial charge in [0.1, 0.15) is 23.6 Å². The van der Waals surface area contributed by atoms with E-state index in [1.807, 2.05) is 24.3 Å². The second-order valence-electron chi connectivity index (χ2n) is 10.3. The SMILES string of the molecule is CC(C)(C)OC(=O)CN1C[C@H](O)[C@@H](OC(=O)NCc2cccc(F)c2)[C@H]1Cc1ccc(-c2cnco2)cc1. The Balaban J connectivity index is 1.47. The Morgan fingerprint density at radius 3 is 2.61 bits per heavy atom. The van der Waals surface area contributed by atoms with Gasteiger partial charge in [-0.1, -0.05) is 36.4 Å². The number of benzene rings is 2. The minimum Gasteiger partial charge on any atom is -0.459 e. The molecule has 1 aromatic heterocycles. The Labute approximate surface area is 220 Å². The Morgan fingerprint density at radius 1 is 1.18 bits per heavy atom. The monoisotopic (exact) mass is 525 g/mol. The number of hydrogen-bond donors (Lipinski definition) is 2. The molecule has 3 atom stereocenters. The number of hydrogen-bond acceptors (Lipinski definition) is 8. The van der Waals surface area contributed by atoms with Crippen LogP contribution in [0.1, 0.15) is 31.9 Å². The zero-order valence-electron chi connectivity index (χ0n) is 21.6. The number of carbonyl (C=O) groups excluding carboxylic acids is 2. The molecule has 38 heavy (non-hydrogen) atoms. The number of amides is 1. The van der Waals surface area contributed by atoms with E-state index in [1.165, 1.54) is 18.5 Å². The van der Waals surface area contributed by atoms with Gasteiger partial charge < -0.3 is 24.3 Å². The van der Waals surface area contributed by atoms with E-state index in [1.54, 1.807) is 44.0 Å². The van der Waals surface area contributed by atoms with Crippen LogP contribution in [0.2, 0.25) is 0 Å². The standard InChI is InChI=1S/C28H32FN3O6/c1-28(2,3)38-25(34)16-32-15-23(33)26(37-27(35)31-13-19-5-4-6-21(29)11-19)22(32)12-18-7-9-20(10-8-18)24-14-30-17-36-24/h4-11,14,17,22-23,26,33H,12-13,15-16H2,1-3H3,(H,31,35)/t22-,23+,26+/m1/s1. The van der Waals surface area contributed by atoms with Crippen LogP contribution in [0.25, 0.3) is 11.3 Å². The molecule has 0 radical (unpaired) electrons.